The van der Waals surface area contributed by atoms with Crippen molar-refractivity contribution in [2.24, 2.45) is 0 Å². The number of benzene rings is 2. The van der Waals surface area contributed by atoms with Crippen LogP contribution < -0.4 is 16.0 Å². The fourth-order valence-electron chi connectivity index (χ4n) is 3.33. The summed E-state index contributed by atoms with van der Waals surface area (Å²) in [6.07, 6.45) is -0.571. The Kier molecular flexibility index (Phi) is 8.45. The van der Waals surface area contributed by atoms with E-state index in [-0.39, 0.29) is 25.1 Å². The summed E-state index contributed by atoms with van der Waals surface area (Å²) in [5.74, 6) is -0.876. The molecule has 0 atom stereocenters. The van der Waals surface area contributed by atoms with Crippen LogP contribution in [0.5, 0.6) is 0 Å². The molecule has 180 valence electrons. The van der Waals surface area contributed by atoms with E-state index in [0.717, 1.165) is 12.4 Å². The van der Waals surface area contributed by atoms with E-state index < -0.39 is 23.5 Å². The first-order chi connectivity index (χ1) is 16.2. The second kappa shape index (κ2) is 11.3. The molecular formula is C24H27F3N5OP. The van der Waals surface area contributed by atoms with Crippen LogP contribution in [0.1, 0.15) is 35.3 Å². The Balaban J connectivity index is 1.88. The number of halogens is 3. The topological polar surface area (TPSA) is 78.9 Å². The molecule has 1 heterocycles. The van der Waals surface area contributed by atoms with Gasteiger partial charge in [0, 0.05) is 18.9 Å². The average Bonchev–Trinajstić information content (AvgIpc) is 2.83. The van der Waals surface area contributed by atoms with E-state index in [1.165, 1.54) is 37.1 Å². The number of nitrogens with zero attached hydrogens (tertiary/aromatic N) is 2. The number of anilines is 4. The fraction of sp³-hybridized carbons (Fsp3) is 0.292. The zero-order valence-corrected chi connectivity index (χ0v) is 20.1. The van der Waals surface area contributed by atoms with Crippen LogP contribution in [0.25, 0.3) is 0 Å². The summed E-state index contributed by atoms with van der Waals surface area (Å²) in [4.78, 5) is 20.1. The number of hydrogen-bond acceptors (Lipinski definition) is 5. The van der Waals surface area contributed by atoms with E-state index in [9.17, 15) is 18.0 Å². The van der Waals surface area contributed by atoms with Crippen molar-refractivity contribution >= 4 is 37.0 Å². The van der Waals surface area contributed by atoms with E-state index in [4.69, 9.17) is 0 Å². The minimum atomic E-state index is -4.68. The van der Waals surface area contributed by atoms with Crippen molar-refractivity contribution in [3.05, 3.63) is 71.4 Å². The molecule has 0 bridgehead atoms. The van der Waals surface area contributed by atoms with Crippen LogP contribution in [0.2, 0.25) is 0 Å². The largest absolute Gasteiger partial charge is 0.421 e. The zero-order chi connectivity index (χ0) is 24.7. The summed E-state index contributed by atoms with van der Waals surface area (Å²) >= 11 is 0. The number of alkyl halides is 3. The number of amides is 1. The van der Waals surface area contributed by atoms with Crippen LogP contribution in [0.15, 0.2) is 54.7 Å². The van der Waals surface area contributed by atoms with Crippen molar-refractivity contribution in [2.75, 3.05) is 30.0 Å². The highest BCUT2D eigenvalue weighted by atomic mass is 31.1. The Morgan fingerprint density at radius 2 is 1.68 bits per heavy atom. The van der Waals surface area contributed by atoms with Gasteiger partial charge in [0.1, 0.15) is 11.4 Å². The first kappa shape index (κ1) is 25.4. The maximum atomic E-state index is 13.6. The van der Waals surface area contributed by atoms with Crippen LogP contribution in [-0.4, -0.2) is 35.2 Å². The van der Waals surface area contributed by atoms with Crippen LogP contribution in [-0.2, 0) is 12.3 Å². The van der Waals surface area contributed by atoms with Crippen molar-refractivity contribution in [1.29, 1.82) is 0 Å². The lowest BCUT2D eigenvalue weighted by Crippen LogP contribution is -2.20. The van der Waals surface area contributed by atoms with Gasteiger partial charge in [0.2, 0.25) is 5.95 Å². The van der Waals surface area contributed by atoms with Gasteiger partial charge in [-0.3, -0.25) is 4.79 Å². The lowest BCUT2D eigenvalue weighted by molar-refractivity contribution is -0.137. The summed E-state index contributed by atoms with van der Waals surface area (Å²) in [6.45, 7) is 4.40. The molecule has 0 unspecified atom stereocenters. The summed E-state index contributed by atoms with van der Waals surface area (Å²) in [5, 5.41) is 8.10. The van der Waals surface area contributed by atoms with Gasteiger partial charge < -0.3 is 16.0 Å². The van der Waals surface area contributed by atoms with Gasteiger partial charge in [-0.15, -0.1) is 7.92 Å². The SMILES string of the molecule is CCP(CC)Cc1ccc(Nc2ncc(C(F)(F)F)c(Nc3ccccc3C(=O)NC)n2)cc1. The number of nitrogens with one attached hydrogen (secondary N) is 3. The first-order valence-electron chi connectivity index (χ1n) is 10.9. The Morgan fingerprint density at radius 1 is 1.00 bits per heavy atom. The molecule has 0 fully saturated rings. The normalized spacial score (nSPS) is 11.4. The van der Waals surface area contributed by atoms with Gasteiger partial charge in [0.25, 0.3) is 5.91 Å². The van der Waals surface area contributed by atoms with E-state index in [2.05, 4.69) is 39.8 Å². The maximum absolute atomic E-state index is 13.6. The average molecular weight is 489 g/mol. The third-order valence-electron chi connectivity index (χ3n) is 5.26. The molecule has 0 aliphatic rings. The zero-order valence-electron chi connectivity index (χ0n) is 19.2. The molecule has 6 nitrogen and oxygen atoms in total. The molecule has 0 saturated carbocycles. The molecule has 0 aliphatic carbocycles. The maximum Gasteiger partial charge on any atom is 0.421 e. The Bertz CT molecular complexity index is 1120. The Labute approximate surface area is 198 Å². The molecule has 0 saturated heterocycles. The van der Waals surface area contributed by atoms with Gasteiger partial charge in [-0.1, -0.05) is 38.1 Å². The predicted octanol–water partition coefficient (Wildman–Crippen LogP) is 6.36. The standard InChI is InChI=1S/C24H27F3N5OP/c1-4-34(5-2)15-16-10-12-17(13-11-16)30-23-29-14-19(24(25,26)27)21(32-23)31-20-9-7-6-8-18(20)22(33)28-3/h6-14H,4-5,15H2,1-3H3,(H,28,33)(H2,29,30,31,32). The number of hydrogen-bond donors (Lipinski definition) is 3. The molecule has 0 spiro atoms. The number of rotatable bonds is 9. The molecule has 10 heteroatoms. The number of carbonyl (C=O) groups excluding carboxylic acids is 1. The fourth-order valence-corrected chi connectivity index (χ4v) is 4.95. The number of aromatic nitrogens is 2. The molecule has 3 rings (SSSR count). The van der Waals surface area contributed by atoms with E-state index in [0.29, 0.717) is 5.69 Å². The Morgan fingerprint density at radius 3 is 2.29 bits per heavy atom. The molecular weight excluding hydrogens is 462 g/mol. The van der Waals surface area contributed by atoms with Gasteiger partial charge in [-0.25, -0.2) is 4.98 Å². The molecule has 0 radical (unpaired) electrons. The third kappa shape index (κ3) is 6.44. The highest BCUT2D eigenvalue weighted by Gasteiger charge is 2.35. The highest BCUT2D eigenvalue weighted by Crippen LogP contribution is 2.39. The molecule has 1 amide bonds. The van der Waals surface area contributed by atoms with Gasteiger partial charge in [0.05, 0.1) is 11.3 Å². The summed E-state index contributed by atoms with van der Waals surface area (Å²) in [7, 11) is 1.42. The van der Waals surface area contributed by atoms with Crippen molar-refractivity contribution in [1.82, 2.24) is 15.3 Å². The molecule has 3 aromatic rings. The van der Waals surface area contributed by atoms with Gasteiger partial charge >= 0.3 is 6.18 Å². The van der Waals surface area contributed by atoms with Crippen LogP contribution in [0.4, 0.5) is 36.3 Å². The third-order valence-corrected chi connectivity index (χ3v) is 7.86. The van der Waals surface area contributed by atoms with Crippen molar-refractivity contribution in [3.8, 4) is 0 Å². The van der Waals surface area contributed by atoms with Crippen LogP contribution in [0.3, 0.4) is 0 Å². The van der Waals surface area contributed by atoms with Crippen molar-refractivity contribution < 1.29 is 18.0 Å². The van der Waals surface area contributed by atoms with Gasteiger partial charge in [-0.05, 0) is 48.3 Å². The minimum absolute atomic E-state index is 0.00467. The summed E-state index contributed by atoms with van der Waals surface area (Å²) < 4.78 is 40.9. The molecule has 0 aliphatic heterocycles. The second-order valence-corrected chi connectivity index (χ2v) is 10.4. The van der Waals surface area contributed by atoms with Gasteiger partial charge in [0.15, 0.2) is 0 Å². The Hall–Kier alpha value is -3.19. The van der Waals surface area contributed by atoms with E-state index in [1.54, 1.807) is 12.1 Å². The quantitative estimate of drug-likeness (QED) is 0.305. The minimum Gasteiger partial charge on any atom is -0.355 e. The van der Waals surface area contributed by atoms with E-state index >= 15 is 0 Å². The molecule has 1 aromatic heterocycles. The number of carbonyl (C=O) groups is 1. The van der Waals surface area contributed by atoms with Crippen molar-refractivity contribution in [3.63, 3.8) is 0 Å². The lowest BCUT2D eigenvalue weighted by atomic mass is 10.1. The summed E-state index contributed by atoms with van der Waals surface area (Å²) in [6, 6.07) is 14.0. The molecule has 3 N–H and O–H groups in total. The highest BCUT2D eigenvalue weighted by molar-refractivity contribution is 7.56. The smallest absolute Gasteiger partial charge is 0.355 e. The summed E-state index contributed by atoms with van der Waals surface area (Å²) in [5.41, 5.74) is 1.25. The van der Waals surface area contributed by atoms with Crippen molar-refractivity contribution in [2.45, 2.75) is 26.2 Å². The lowest BCUT2D eigenvalue weighted by Gasteiger charge is -2.17. The van der Waals surface area contributed by atoms with Gasteiger partial charge in [-0.2, -0.15) is 18.2 Å². The molecule has 34 heavy (non-hydrogen) atoms. The number of para-hydroxylation sites is 1. The molecule has 2 aromatic carbocycles. The predicted molar refractivity (Wildman–Crippen MR) is 132 cm³/mol. The second-order valence-electron chi connectivity index (χ2n) is 7.49. The monoisotopic (exact) mass is 489 g/mol. The van der Waals surface area contributed by atoms with Crippen LogP contribution >= 0.6 is 7.92 Å². The van der Waals surface area contributed by atoms with E-state index in [1.807, 2.05) is 24.3 Å². The van der Waals surface area contributed by atoms with Crippen LogP contribution in [0, 0.1) is 0 Å². The first-order valence-corrected chi connectivity index (χ1v) is 12.8.